The van der Waals surface area contributed by atoms with Gasteiger partial charge in [0.25, 0.3) is 17.7 Å². The molecule has 2 heterocycles. The van der Waals surface area contributed by atoms with Gasteiger partial charge < -0.3 is 14.3 Å². The molecule has 150 valence electrons. The van der Waals surface area contributed by atoms with Gasteiger partial charge in [0.15, 0.2) is 10.4 Å². The first-order valence-corrected chi connectivity index (χ1v) is 9.53. The van der Waals surface area contributed by atoms with E-state index in [0.29, 0.717) is 10.2 Å². The van der Waals surface area contributed by atoms with E-state index in [4.69, 9.17) is 4.42 Å². The number of hydrazine groups is 1. The number of aryl methyl sites for hydroxylation is 1. The summed E-state index contributed by atoms with van der Waals surface area (Å²) in [5.41, 5.74) is 7.67. The van der Waals surface area contributed by atoms with Gasteiger partial charge >= 0.3 is 0 Å². The van der Waals surface area contributed by atoms with Crippen LogP contribution in [0.15, 0.2) is 57.6 Å². The van der Waals surface area contributed by atoms with Crippen LogP contribution in [0.25, 0.3) is 5.69 Å². The Bertz CT molecular complexity index is 1060. The third-order valence-corrected chi connectivity index (χ3v) is 4.64. The normalized spacial score (nSPS) is 10.4. The van der Waals surface area contributed by atoms with Crippen LogP contribution >= 0.6 is 15.9 Å². The molecule has 0 aliphatic heterocycles. The summed E-state index contributed by atoms with van der Waals surface area (Å²) in [4.78, 5) is 36.2. The number of carbonyl (C=O) groups is 3. The lowest BCUT2D eigenvalue weighted by molar-refractivity contribution is -0.120. The molecule has 0 atom stereocenters. The average molecular weight is 459 g/mol. The fourth-order valence-electron chi connectivity index (χ4n) is 2.89. The second-order valence-electron chi connectivity index (χ2n) is 6.24. The number of hydrogen-bond acceptors (Lipinski definition) is 4. The van der Waals surface area contributed by atoms with Gasteiger partial charge in [-0.15, -0.1) is 0 Å². The summed E-state index contributed by atoms with van der Waals surface area (Å²) >= 11 is 3.10. The predicted molar refractivity (Wildman–Crippen MR) is 110 cm³/mol. The first-order chi connectivity index (χ1) is 13.9. The summed E-state index contributed by atoms with van der Waals surface area (Å²) in [5, 5.41) is 2.40. The summed E-state index contributed by atoms with van der Waals surface area (Å²) in [7, 11) is 0. The monoisotopic (exact) mass is 458 g/mol. The lowest BCUT2D eigenvalue weighted by Gasteiger charge is -2.10. The Labute approximate surface area is 175 Å². The highest BCUT2D eigenvalue weighted by Gasteiger charge is 2.17. The number of para-hydroxylation sites is 1. The molecule has 8 nitrogen and oxygen atoms in total. The minimum Gasteiger partial charge on any atom is -0.444 e. The van der Waals surface area contributed by atoms with Crippen molar-refractivity contribution in [2.24, 2.45) is 0 Å². The Morgan fingerprint density at radius 2 is 1.72 bits per heavy atom. The Hall–Kier alpha value is -3.33. The van der Waals surface area contributed by atoms with Crippen molar-refractivity contribution >= 4 is 33.7 Å². The second-order valence-corrected chi connectivity index (χ2v) is 7.03. The fourth-order valence-corrected chi connectivity index (χ4v) is 3.20. The number of furan rings is 1. The molecular weight excluding hydrogens is 440 g/mol. The maximum Gasteiger partial charge on any atom is 0.287 e. The largest absolute Gasteiger partial charge is 0.444 e. The Morgan fingerprint density at radius 1 is 1.00 bits per heavy atom. The van der Waals surface area contributed by atoms with E-state index in [1.54, 1.807) is 12.1 Å². The average Bonchev–Trinajstić information content (AvgIpc) is 3.27. The first-order valence-electron chi connectivity index (χ1n) is 8.74. The quantitative estimate of drug-likeness (QED) is 0.511. The van der Waals surface area contributed by atoms with Gasteiger partial charge in [-0.3, -0.25) is 25.2 Å². The van der Waals surface area contributed by atoms with Crippen molar-refractivity contribution < 1.29 is 18.8 Å². The van der Waals surface area contributed by atoms with Gasteiger partial charge in [0.1, 0.15) is 0 Å². The van der Waals surface area contributed by atoms with Gasteiger partial charge in [0.05, 0.1) is 12.1 Å². The van der Waals surface area contributed by atoms with Crippen molar-refractivity contribution in [2.75, 3.05) is 6.54 Å². The molecule has 0 bridgehead atoms. The number of amides is 3. The van der Waals surface area contributed by atoms with Crippen LogP contribution in [0.3, 0.4) is 0 Å². The molecule has 0 aliphatic carbocycles. The van der Waals surface area contributed by atoms with Crippen LogP contribution in [0.4, 0.5) is 0 Å². The molecule has 0 radical (unpaired) electrons. The molecule has 3 N–H and O–H groups in total. The zero-order chi connectivity index (χ0) is 21.0. The molecule has 0 aliphatic rings. The second kappa shape index (κ2) is 8.78. The van der Waals surface area contributed by atoms with Crippen LogP contribution in [0, 0.1) is 13.8 Å². The lowest BCUT2D eigenvalue weighted by Crippen LogP contribution is -2.46. The zero-order valence-corrected chi connectivity index (χ0v) is 17.4. The van der Waals surface area contributed by atoms with Gasteiger partial charge in [0.2, 0.25) is 0 Å². The molecule has 0 saturated carbocycles. The Balaban J connectivity index is 1.57. The van der Waals surface area contributed by atoms with Crippen molar-refractivity contribution in [2.45, 2.75) is 13.8 Å². The van der Waals surface area contributed by atoms with E-state index in [1.165, 1.54) is 6.07 Å². The molecule has 0 fully saturated rings. The Kier molecular flexibility index (Phi) is 6.18. The molecule has 0 saturated heterocycles. The van der Waals surface area contributed by atoms with E-state index in [2.05, 4.69) is 32.1 Å². The summed E-state index contributed by atoms with van der Waals surface area (Å²) in [5.74, 6) is -1.49. The number of benzene rings is 1. The van der Waals surface area contributed by atoms with E-state index >= 15 is 0 Å². The van der Waals surface area contributed by atoms with Crippen LogP contribution in [-0.4, -0.2) is 28.8 Å². The van der Waals surface area contributed by atoms with E-state index < -0.39 is 17.7 Å². The summed E-state index contributed by atoms with van der Waals surface area (Å²) in [6.45, 7) is 3.41. The minimum atomic E-state index is -0.575. The van der Waals surface area contributed by atoms with E-state index in [1.807, 2.05) is 48.7 Å². The van der Waals surface area contributed by atoms with Gasteiger partial charge in [-0.1, -0.05) is 18.2 Å². The van der Waals surface area contributed by atoms with Crippen LogP contribution in [0.5, 0.6) is 0 Å². The number of nitrogens with zero attached hydrogens (tertiary/aromatic N) is 1. The van der Waals surface area contributed by atoms with Crippen molar-refractivity contribution in [3.8, 4) is 5.69 Å². The highest BCUT2D eigenvalue weighted by Crippen LogP contribution is 2.20. The van der Waals surface area contributed by atoms with Crippen molar-refractivity contribution in [1.29, 1.82) is 0 Å². The maximum atomic E-state index is 12.5. The molecule has 3 aromatic rings. The van der Waals surface area contributed by atoms with Crippen molar-refractivity contribution in [3.63, 3.8) is 0 Å². The SMILES string of the molecule is Cc1cc(C(=O)NNC(=O)CNC(=O)c2ccc(Br)o2)c(C)n1-c1ccccc1. The molecular formula is C20H19BrN4O4. The van der Waals surface area contributed by atoms with Crippen molar-refractivity contribution in [1.82, 2.24) is 20.7 Å². The summed E-state index contributed by atoms with van der Waals surface area (Å²) < 4.78 is 7.46. The maximum absolute atomic E-state index is 12.5. The number of rotatable bonds is 5. The van der Waals surface area contributed by atoms with Crippen LogP contribution in [0.1, 0.15) is 32.3 Å². The highest BCUT2D eigenvalue weighted by atomic mass is 79.9. The number of halogens is 1. The summed E-state index contributed by atoms with van der Waals surface area (Å²) in [6.07, 6.45) is 0. The number of nitrogens with one attached hydrogen (secondary N) is 3. The first kappa shape index (κ1) is 20.4. The number of hydrogen-bond donors (Lipinski definition) is 3. The molecule has 9 heteroatoms. The van der Waals surface area contributed by atoms with Crippen LogP contribution in [0.2, 0.25) is 0 Å². The third kappa shape index (κ3) is 4.75. The predicted octanol–water partition coefficient (Wildman–Crippen LogP) is 2.64. The summed E-state index contributed by atoms with van der Waals surface area (Å²) in [6, 6.07) is 14.5. The molecule has 3 amide bonds. The molecule has 29 heavy (non-hydrogen) atoms. The standard InChI is InChI=1S/C20H19BrN4O4/c1-12-10-15(13(2)25(12)14-6-4-3-5-7-14)19(27)24-23-18(26)11-22-20(28)16-8-9-17(21)29-16/h3-10H,11H2,1-2H3,(H,22,28)(H,23,26)(H,24,27). The van der Waals surface area contributed by atoms with E-state index in [-0.39, 0.29) is 12.3 Å². The topological polar surface area (TPSA) is 105 Å². The van der Waals surface area contributed by atoms with Gasteiger partial charge in [-0.2, -0.15) is 0 Å². The Morgan fingerprint density at radius 3 is 2.38 bits per heavy atom. The smallest absolute Gasteiger partial charge is 0.287 e. The molecule has 0 spiro atoms. The molecule has 1 aromatic carbocycles. The van der Waals surface area contributed by atoms with Gasteiger partial charge in [-0.05, 0) is 60.1 Å². The zero-order valence-electron chi connectivity index (χ0n) is 15.8. The van der Waals surface area contributed by atoms with Crippen LogP contribution in [-0.2, 0) is 4.79 Å². The van der Waals surface area contributed by atoms with E-state index in [9.17, 15) is 14.4 Å². The molecule has 2 aromatic heterocycles. The van der Waals surface area contributed by atoms with Crippen LogP contribution < -0.4 is 16.2 Å². The van der Waals surface area contributed by atoms with Gasteiger partial charge in [-0.25, -0.2) is 0 Å². The highest BCUT2D eigenvalue weighted by molar-refractivity contribution is 9.10. The minimum absolute atomic E-state index is 0.0714. The lowest BCUT2D eigenvalue weighted by atomic mass is 10.2. The third-order valence-electron chi connectivity index (χ3n) is 4.21. The number of carbonyl (C=O) groups excluding carboxylic acids is 3. The fraction of sp³-hybridized carbons (Fsp3) is 0.150. The van der Waals surface area contributed by atoms with Crippen molar-refractivity contribution in [3.05, 3.63) is 75.9 Å². The molecule has 3 rings (SSSR count). The van der Waals surface area contributed by atoms with E-state index in [0.717, 1.165) is 17.1 Å². The molecule has 0 unspecified atom stereocenters. The van der Waals surface area contributed by atoms with Gasteiger partial charge in [0, 0.05) is 17.1 Å². The number of aromatic nitrogens is 1.